The molecular formula is C8H10N. The van der Waals surface area contributed by atoms with Crippen LogP contribution >= 0.6 is 0 Å². The first-order valence-electron chi connectivity index (χ1n) is 3.07. The van der Waals surface area contributed by atoms with Crippen LogP contribution in [0.3, 0.4) is 0 Å². The lowest BCUT2D eigenvalue weighted by atomic mass is 10.1. The quantitative estimate of drug-likeness (QED) is 0.492. The highest BCUT2D eigenvalue weighted by Crippen LogP contribution is 2.00. The summed E-state index contributed by atoms with van der Waals surface area (Å²) in [4.78, 5) is 0. The van der Waals surface area contributed by atoms with Crippen molar-refractivity contribution in [3.63, 3.8) is 0 Å². The van der Waals surface area contributed by atoms with E-state index >= 15 is 0 Å². The molecule has 0 saturated heterocycles. The molecule has 0 N–H and O–H groups in total. The first-order valence-corrected chi connectivity index (χ1v) is 3.07. The maximum atomic E-state index is 4.18. The molecule has 1 unspecified atom stereocenters. The normalized spacial score (nSPS) is 23.3. The van der Waals surface area contributed by atoms with Gasteiger partial charge in [0.25, 0.3) is 0 Å². The van der Waals surface area contributed by atoms with Gasteiger partial charge in [-0.15, -0.1) is 6.58 Å². The van der Waals surface area contributed by atoms with E-state index in [4.69, 9.17) is 0 Å². The van der Waals surface area contributed by atoms with Crippen molar-refractivity contribution in [3.05, 3.63) is 37.1 Å². The molecule has 1 aliphatic heterocycles. The second kappa shape index (κ2) is 3.13. The van der Waals surface area contributed by atoms with Crippen LogP contribution in [0.5, 0.6) is 0 Å². The Hall–Kier alpha value is -0.980. The maximum absolute atomic E-state index is 4.18. The molecule has 0 aliphatic carbocycles. The second-order valence-corrected chi connectivity index (χ2v) is 1.97. The molecule has 0 aromatic heterocycles. The summed E-state index contributed by atoms with van der Waals surface area (Å²) in [6.07, 6.45) is 10.7. The highest BCUT2D eigenvalue weighted by Gasteiger charge is 2.00. The molecule has 0 aromatic rings. The van der Waals surface area contributed by atoms with Crippen LogP contribution in [0.25, 0.3) is 0 Å². The lowest BCUT2D eigenvalue weighted by Crippen LogP contribution is -2.15. The van der Waals surface area contributed by atoms with E-state index < -0.39 is 0 Å². The first kappa shape index (κ1) is 6.14. The highest BCUT2D eigenvalue weighted by molar-refractivity contribution is 5.12. The van der Waals surface area contributed by atoms with Gasteiger partial charge in [0, 0.05) is 6.20 Å². The molecule has 0 aromatic carbocycles. The molecule has 1 aliphatic rings. The van der Waals surface area contributed by atoms with E-state index in [9.17, 15) is 0 Å². The van der Waals surface area contributed by atoms with Gasteiger partial charge in [-0.25, -0.2) is 0 Å². The lowest BCUT2D eigenvalue weighted by Gasteiger charge is -2.08. The topological polar surface area (TPSA) is 14.1 Å². The van der Waals surface area contributed by atoms with E-state index in [1.807, 2.05) is 24.4 Å². The number of hydrogen-bond acceptors (Lipinski definition) is 0. The van der Waals surface area contributed by atoms with Crippen molar-refractivity contribution in [3.8, 4) is 0 Å². The van der Waals surface area contributed by atoms with Gasteiger partial charge in [-0.05, 0) is 12.5 Å². The zero-order chi connectivity index (χ0) is 6.53. The van der Waals surface area contributed by atoms with Gasteiger partial charge in [0.15, 0.2) is 0 Å². The van der Waals surface area contributed by atoms with Gasteiger partial charge in [-0.1, -0.05) is 18.2 Å². The minimum absolute atomic E-state index is 0.340. The van der Waals surface area contributed by atoms with Crippen molar-refractivity contribution in [1.29, 1.82) is 0 Å². The van der Waals surface area contributed by atoms with Gasteiger partial charge in [0.05, 0.1) is 6.04 Å². The Labute approximate surface area is 55.8 Å². The summed E-state index contributed by atoms with van der Waals surface area (Å²) in [5.41, 5.74) is 0. The standard InChI is InChI=1S/C8H10N/c1-2-5-8-6-3-4-7-9-8/h2-4,6-8H,1,5H2. The van der Waals surface area contributed by atoms with Gasteiger partial charge < -0.3 is 0 Å². The Kier molecular flexibility index (Phi) is 2.13. The van der Waals surface area contributed by atoms with Crippen LogP contribution in [0.4, 0.5) is 0 Å². The molecule has 0 bridgehead atoms. The van der Waals surface area contributed by atoms with Crippen LogP contribution in [0, 0.1) is 0 Å². The molecule has 0 fully saturated rings. The van der Waals surface area contributed by atoms with Crippen LogP contribution in [-0.4, -0.2) is 6.04 Å². The van der Waals surface area contributed by atoms with Gasteiger partial charge in [-0.2, -0.15) is 0 Å². The maximum Gasteiger partial charge on any atom is 0.0717 e. The first-order chi connectivity index (χ1) is 4.43. The summed E-state index contributed by atoms with van der Waals surface area (Å²) in [6, 6.07) is 0.340. The molecule has 47 valence electrons. The zero-order valence-electron chi connectivity index (χ0n) is 5.33. The second-order valence-electron chi connectivity index (χ2n) is 1.97. The van der Waals surface area contributed by atoms with Crippen LogP contribution in [0.1, 0.15) is 6.42 Å². The van der Waals surface area contributed by atoms with E-state index in [1.165, 1.54) is 0 Å². The molecule has 1 atom stereocenters. The van der Waals surface area contributed by atoms with Crippen LogP contribution in [0.2, 0.25) is 0 Å². The predicted octanol–water partition coefficient (Wildman–Crippen LogP) is 1.62. The van der Waals surface area contributed by atoms with Gasteiger partial charge in [0.1, 0.15) is 0 Å². The summed E-state index contributed by atoms with van der Waals surface area (Å²) >= 11 is 0. The molecule has 1 heterocycles. The van der Waals surface area contributed by atoms with Gasteiger partial charge in [0.2, 0.25) is 0 Å². The van der Waals surface area contributed by atoms with Crippen LogP contribution < -0.4 is 5.32 Å². The summed E-state index contributed by atoms with van der Waals surface area (Å²) in [5.74, 6) is 0. The van der Waals surface area contributed by atoms with Crippen molar-refractivity contribution in [2.45, 2.75) is 12.5 Å². The molecule has 9 heavy (non-hydrogen) atoms. The summed E-state index contributed by atoms with van der Waals surface area (Å²) in [6.45, 7) is 3.64. The van der Waals surface area contributed by atoms with E-state index in [2.05, 4.69) is 18.0 Å². The third-order valence-electron chi connectivity index (χ3n) is 1.22. The Morgan fingerprint density at radius 2 is 2.44 bits per heavy atom. The van der Waals surface area contributed by atoms with Crippen LogP contribution in [0.15, 0.2) is 37.1 Å². The third kappa shape index (κ3) is 1.76. The average molecular weight is 120 g/mol. The summed E-state index contributed by atoms with van der Waals surface area (Å²) in [5, 5.41) is 4.18. The fraction of sp³-hybridized carbons (Fsp3) is 0.250. The Bertz CT molecular complexity index is 143. The average Bonchev–Trinajstić information content (AvgIpc) is 1.91. The molecule has 0 amide bonds. The monoisotopic (exact) mass is 120 g/mol. The van der Waals surface area contributed by atoms with E-state index in [1.54, 1.807) is 0 Å². The highest BCUT2D eigenvalue weighted by atomic mass is 14.9. The number of nitrogens with zero attached hydrogens (tertiary/aromatic N) is 1. The van der Waals surface area contributed by atoms with E-state index in [-0.39, 0.29) is 0 Å². The Morgan fingerprint density at radius 1 is 1.56 bits per heavy atom. The SMILES string of the molecule is C=CCC1C=CC=C[N]1. The smallest absolute Gasteiger partial charge is 0.0717 e. The van der Waals surface area contributed by atoms with Crippen molar-refractivity contribution in [2.24, 2.45) is 0 Å². The molecule has 0 saturated carbocycles. The Balaban J connectivity index is 2.36. The van der Waals surface area contributed by atoms with Crippen molar-refractivity contribution in [1.82, 2.24) is 5.32 Å². The molecule has 1 nitrogen and oxygen atoms in total. The van der Waals surface area contributed by atoms with E-state index in [0.29, 0.717) is 6.04 Å². The lowest BCUT2D eigenvalue weighted by molar-refractivity contribution is 0.691. The fourth-order valence-electron chi connectivity index (χ4n) is 0.762. The number of hydrogen-bond donors (Lipinski definition) is 0. The minimum atomic E-state index is 0.340. The predicted molar refractivity (Wildman–Crippen MR) is 39.0 cm³/mol. The molecule has 0 spiro atoms. The third-order valence-corrected chi connectivity index (χ3v) is 1.22. The van der Waals surface area contributed by atoms with Gasteiger partial charge >= 0.3 is 0 Å². The minimum Gasteiger partial charge on any atom is -0.285 e. The van der Waals surface area contributed by atoms with Crippen molar-refractivity contribution in [2.75, 3.05) is 0 Å². The van der Waals surface area contributed by atoms with E-state index in [0.717, 1.165) is 6.42 Å². The molecule has 1 heteroatoms. The van der Waals surface area contributed by atoms with Crippen LogP contribution in [-0.2, 0) is 0 Å². The molecular weight excluding hydrogens is 110 g/mol. The van der Waals surface area contributed by atoms with Gasteiger partial charge in [-0.3, -0.25) is 5.32 Å². The van der Waals surface area contributed by atoms with Crippen molar-refractivity contribution < 1.29 is 0 Å². The molecule has 1 radical (unpaired) electrons. The summed E-state index contributed by atoms with van der Waals surface area (Å²) in [7, 11) is 0. The largest absolute Gasteiger partial charge is 0.285 e. The number of rotatable bonds is 2. The zero-order valence-corrected chi connectivity index (χ0v) is 5.33. The number of allylic oxidation sites excluding steroid dienone is 2. The summed E-state index contributed by atoms with van der Waals surface area (Å²) < 4.78 is 0. The van der Waals surface area contributed by atoms with Crippen molar-refractivity contribution >= 4 is 0 Å². The fourth-order valence-corrected chi connectivity index (χ4v) is 0.762. The molecule has 1 rings (SSSR count). The Morgan fingerprint density at radius 3 is 3.00 bits per heavy atom.